The Balaban J connectivity index is 1.38. The van der Waals surface area contributed by atoms with Gasteiger partial charge in [-0.1, -0.05) is 122 Å². The third-order valence-electron chi connectivity index (χ3n) is 7.23. The van der Waals surface area contributed by atoms with Gasteiger partial charge in [0.15, 0.2) is 0 Å². The highest BCUT2D eigenvalue weighted by Crippen LogP contribution is 2.23. The predicted molar refractivity (Wildman–Crippen MR) is 162 cm³/mol. The molecule has 0 fully saturated rings. The number of benzene rings is 4. The summed E-state index contributed by atoms with van der Waals surface area (Å²) in [5.41, 5.74) is 6.32. The van der Waals surface area contributed by atoms with Crippen LogP contribution in [0.5, 0.6) is 0 Å². The van der Waals surface area contributed by atoms with Crippen molar-refractivity contribution in [3.63, 3.8) is 0 Å². The summed E-state index contributed by atoms with van der Waals surface area (Å²) >= 11 is 0. The van der Waals surface area contributed by atoms with Gasteiger partial charge < -0.3 is 9.84 Å². The van der Waals surface area contributed by atoms with Gasteiger partial charge in [0.25, 0.3) is 0 Å². The van der Waals surface area contributed by atoms with Crippen LogP contribution in [0.4, 0.5) is 0 Å². The molecule has 4 rings (SSSR count). The Morgan fingerprint density at radius 2 is 1.20 bits per heavy atom. The van der Waals surface area contributed by atoms with E-state index < -0.39 is 5.97 Å². The van der Waals surface area contributed by atoms with Crippen LogP contribution < -0.4 is 0 Å². The predicted octanol–water partition coefficient (Wildman–Crippen LogP) is 7.88. The molecule has 0 heterocycles. The first kappa shape index (κ1) is 29.3. The third kappa shape index (κ3) is 10.4. The van der Waals surface area contributed by atoms with E-state index in [4.69, 9.17) is 9.84 Å². The molecule has 0 aliphatic heterocycles. The van der Waals surface area contributed by atoms with Gasteiger partial charge in [0.2, 0.25) is 0 Å². The monoisotopic (exact) mass is 535 g/mol. The van der Waals surface area contributed by atoms with Crippen LogP contribution in [-0.4, -0.2) is 29.1 Å². The van der Waals surface area contributed by atoms with Gasteiger partial charge in [-0.05, 0) is 60.0 Å². The van der Waals surface area contributed by atoms with Gasteiger partial charge in [-0.15, -0.1) is 0 Å². The zero-order valence-electron chi connectivity index (χ0n) is 23.3. The largest absolute Gasteiger partial charge is 0.481 e. The second-order valence-corrected chi connectivity index (χ2v) is 10.4. The maximum atomic E-state index is 10.9. The Kier molecular flexibility index (Phi) is 12.0. The van der Waals surface area contributed by atoms with E-state index in [1.54, 1.807) is 0 Å². The average Bonchev–Trinajstić information content (AvgIpc) is 2.99. The van der Waals surface area contributed by atoms with Crippen LogP contribution in [0.3, 0.4) is 0 Å². The number of unbranched alkanes of at least 4 members (excludes halogenated alkanes) is 2. The number of carboxylic acid groups (broad SMARTS) is 1. The lowest BCUT2D eigenvalue weighted by Crippen LogP contribution is -2.30. The Bertz CT molecular complexity index is 1240. The van der Waals surface area contributed by atoms with Crippen molar-refractivity contribution < 1.29 is 14.6 Å². The van der Waals surface area contributed by atoms with Crippen molar-refractivity contribution in [3.05, 3.63) is 143 Å². The van der Waals surface area contributed by atoms with Crippen molar-refractivity contribution in [2.24, 2.45) is 0 Å². The Morgan fingerprint density at radius 3 is 1.82 bits per heavy atom. The third-order valence-corrected chi connectivity index (χ3v) is 7.23. The minimum absolute atomic E-state index is 0.0679. The molecule has 4 aromatic rings. The number of hydrogen-bond acceptors (Lipinski definition) is 3. The molecule has 0 amide bonds. The molecule has 40 heavy (non-hydrogen) atoms. The quantitative estimate of drug-likeness (QED) is 0.140. The topological polar surface area (TPSA) is 49.8 Å². The fourth-order valence-corrected chi connectivity index (χ4v) is 4.95. The first-order valence-electron chi connectivity index (χ1n) is 14.4. The molecule has 0 spiro atoms. The first-order valence-corrected chi connectivity index (χ1v) is 14.4. The van der Waals surface area contributed by atoms with E-state index in [1.807, 2.05) is 12.1 Å². The summed E-state index contributed by atoms with van der Waals surface area (Å²) in [7, 11) is 0. The lowest BCUT2D eigenvalue weighted by molar-refractivity contribution is -0.137. The van der Waals surface area contributed by atoms with E-state index in [1.165, 1.54) is 27.8 Å². The van der Waals surface area contributed by atoms with Crippen LogP contribution in [0.2, 0.25) is 0 Å². The molecular weight excluding hydrogens is 494 g/mol. The van der Waals surface area contributed by atoms with E-state index in [0.717, 1.165) is 45.3 Å². The van der Waals surface area contributed by atoms with Crippen molar-refractivity contribution in [2.75, 3.05) is 13.1 Å². The number of aryl methyl sites for hydroxylation is 2. The molecule has 1 N–H and O–H groups in total. The first-order chi connectivity index (χ1) is 19.7. The SMILES string of the molecule is O=C(O)CCCCCN(Cc1ccccc1)CC(OCc1ccc(CCc2ccccc2)cc1)c1ccccc1. The van der Waals surface area contributed by atoms with Gasteiger partial charge in [0.05, 0.1) is 12.7 Å². The second kappa shape index (κ2) is 16.4. The fourth-order valence-electron chi connectivity index (χ4n) is 4.95. The van der Waals surface area contributed by atoms with Gasteiger partial charge in [-0.3, -0.25) is 9.69 Å². The van der Waals surface area contributed by atoms with Crippen molar-refractivity contribution >= 4 is 5.97 Å². The molecule has 0 saturated carbocycles. The van der Waals surface area contributed by atoms with E-state index in [9.17, 15) is 4.79 Å². The minimum Gasteiger partial charge on any atom is -0.481 e. The van der Waals surface area contributed by atoms with Gasteiger partial charge in [-0.2, -0.15) is 0 Å². The van der Waals surface area contributed by atoms with E-state index in [2.05, 4.69) is 108 Å². The molecule has 0 aliphatic carbocycles. The summed E-state index contributed by atoms with van der Waals surface area (Å²) < 4.78 is 6.59. The van der Waals surface area contributed by atoms with E-state index >= 15 is 0 Å². The molecule has 1 unspecified atom stereocenters. The lowest BCUT2D eigenvalue weighted by atomic mass is 10.0. The molecule has 208 valence electrons. The van der Waals surface area contributed by atoms with Crippen LogP contribution in [0.15, 0.2) is 115 Å². The van der Waals surface area contributed by atoms with Crippen LogP contribution in [0.1, 0.15) is 59.6 Å². The number of nitrogens with zero attached hydrogens (tertiary/aromatic N) is 1. The van der Waals surface area contributed by atoms with Crippen LogP contribution in [-0.2, 0) is 35.5 Å². The van der Waals surface area contributed by atoms with Crippen molar-refractivity contribution in [1.82, 2.24) is 4.90 Å². The van der Waals surface area contributed by atoms with E-state index in [-0.39, 0.29) is 12.5 Å². The minimum atomic E-state index is -0.720. The molecule has 0 bridgehead atoms. The summed E-state index contributed by atoms with van der Waals surface area (Å²) in [5, 5.41) is 8.98. The summed E-state index contributed by atoms with van der Waals surface area (Å²) in [6, 6.07) is 40.4. The maximum Gasteiger partial charge on any atom is 0.303 e. The van der Waals surface area contributed by atoms with Gasteiger partial charge >= 0.3 is 5.97 Å². The zero-order chi connectivity index (χ0) is 27.8. The van der Waals surface area contributed by atoms with Gasteiger partial charge in [0, 0.05) is 19.5 Å². The Hall–Kier alpha value is -3.73. The van der Waals surface area contributed by atoms with Crippen LogP contribution >= 0.6 is 0 Å². The molecule has 1 atom stereocenters. The summed E-state index contributed by atoms with van der Waals surface area (Å²) in [4.78, 5) is 13.4. The second-order valence-electron chi connectivity index (χ2n) is 10.4. The average molecular weight is 536 g/mol. The summed E-state index contributed by atoms with van der Waals surface area (Å²) in [5.74, 6) is -0.720. The molecule has 4 nitrogen and oxygen atoms in total. The molecule has 0 aromatic heterocycles. The molecule has 4 aromatic carbocycles. The smallest absolute Gasteiger partial charge is 0.303 e. The fraction of sp³-hybridized carbons (Fsp3) is 0.306. The molecule has 0 radical (unpaired) electrons. The van der Waals surface area contributed by atoms with Crippen molar-refractivity contribution in [3.8, 4) is 0 Å². The highest BCUT2D eigenvalue weighted by Gasteiger charge is 2.18. The van der Waals surface area contributed by atoms with Gasteiger partial charge in [0.1, 0.15) is 0 Å². The summed E-state index contributed by atoms with van der Waals surface area (Å²) in [6.07, 6.45) is 4.83. The van der Waals surface area contributed by atoms with Crippen molar-refractivity contribution in [2.45, 2.75) is 57.8 Å². The standard InChI is InChI=1S/C36H41NO3/c38-36(39)19-11-4-12-26-37(27-32-15-7-2-8-16-32)28-35(34-17-9-3-10-18-34)40-29-33-24-22-31(23-25-33)21-20-30-13-5-1-6-14-30/h1-3,5-10,13-18,22-25,35H,4,11-12,19-21,26-29H2,(H,38,39). The molecule has 0 saturated heterocycles. The van der Waals surface area contributed by atoms with Crippen LogP contribution in [0.25, 0.3) is 0 Å². The summed E-state index contributed by atoms with van der Waals surface area (Å²) in [6.45, 7) is 3.06. The zero-order valence-corrected chi connectivity index (χ0v) is 23.3. The lowest BCUT2D eigenvalue weighted by Gasteiger charge is -2.28. The number of rotatable bonds is 17. The Labute approximate surface area is 239 Å². The van der Waals surface area contributed by atoms with Crippen LogP contribution in [0, 0.1) is 0 Å². The Morgan fingerprint density at radius 1 is 0.650 bits per heavy atom. The van der Waals surface area contributed by atoms with Crippen molar-refractivity contribution in [1.29, 1.82) is 0 Å². The number of aliphatic carboxylic acids is 1. The maximum absolute atomic E-state index is 10.9. The normalized spacial score (nSPS) is 11.9. The number of hydrogen-bond donors (Lipinski definition) is 1. The van der Waals surface area contributed by atoms with Gasteiger partial charge in [-0.25, -0.2) is 0 Å². The number of carbonyl (C=O) groups is 1. The highest BCUT2D eigenvalue weighted by atomic mass is 16.5. The molecule has 0 aliphatic rings. The molecule has 4 heteroatoms. The number of carboxylic acids is 1. The van der Waals surface area contributed by atoms with E-state index in [0.29, 0.717) is 13.0 Å². The molecular formula is C36H41NO3. The number of ether oxygens (including phenoxy) is 1. The highest BCUT2D eigenvalue weighted by molar-refractivity contribution is 5.66.